The number of carbonyl (C=O) groups is 3. The standard InChI is InChI=1S/C15H22N6O3/c1-4-15(2)13(23)21(14(24)17-15)18-12(22)8-20-6-5-11-10(7-20)16-9-19(11)3/h9H,4-8H2,1-3H3,(H,17,24)(H,18,22)/t15-/m1/s1. The van der Waals surface area contributed by atoms with Crippen LogP contribution in [0, 0.1) is 0 Å². The number of imide groups is 1. The van der Waals surface area contributed by atoms with Gasteiger partial charge in [0.05, 0.1) is 18.6 Å². The zero-order valence-corrected chi connectivity index (χ0v) is 14.1. The second kappa shape index (κ2) is 5.90. The average molecular weight is 334 g/mol. The quantitative estimate of drug-likeness (QED) is 0.725. The van der Waals surface area contributed by atoms with Crippen molar-refractivity contribution in [3.05, 3.63) is 17.7 Å². The molecule has 130 valence electrons. The average Bonchev–Trinajstić information content (AvgIpc) is 3.01. The zero-order valence-electron chi connectivity index (χ0n) is 14.1. The van der Waals surface area contributed by atoms with Gasteiger partial charge < -0.3 is 9.88 Å². The van der Waals surface area contributed by atoms with Crippen LogP contribution >= 0.6 is 0 Å². The molecular formula is C15H22N6O3. The minimum absolute atomic E-state index is 0.107. The Morgan fingerprint density at radius 3 is 2.88 bits per heavy atom. The summed E-state index contributed by atoms with van der Waals surface area (Å²) in [7, 11) is 1.95. The van der Waals surface area contributed by atoms with E-state index in [0.29, 0.717) is 13.0 Å². The summed E-state index contributed by atoms with van der Waals surface area (Å²) in [6.07, 6.45) is 3.04. The fraction of sp³-hybridized carbons (Fsp3) is 0.600. The van der Waals surface area contributed by atoms with Gasteiger partial charge in [-0.1, -0.05) is 6.92 Å². The van der Waals surface area contributed by atoms with Crippen LogP contribution in [0.2, 0.25) is 0 Å². The van der Waals surface area contributed by atoms with Crippen LogP contribution in [0.25, 0.3) is 0 Å². The maximum Gasteiger partial charge on any atom is 0.344 e. The van der Waals surface area contributed by atoms with Crippen LogP contribution in [-0.2, 0) is 29.6 Å². The first-order valence-corrected chi connectivity index (χ1v) is 8.01. The van der Waals surface area contributed by atoms with Crippen molar-refractivity contribution in [1.29, 1.82) is 0 Å². The lowest BCUT2D eigenvalue weighted by molar-refractivity contribution is -0.139. The lowest BCUT2D eigenvalue weighted by atomic mass is 10.00. The summed E-state index contributed by atoms with van der Waals surface area (Å²) in [5.74, 6) is -0.827. The predicted molar refractivity (Wildman–Crippen MR) is 84.4 cm³/mol. The van der Waals surface area contributed by atoms with E-state index in [1.807, 2.05) is 23.4 Å². The Morgan fingerprint density at radius 1 is 1.46 bits per heavy atom. The molecule has 1 atom stereocenters. The number of nitrogens with zero attached hydrogens (tertiary/aromatic N) is 4. The molecule has 0 saturated carbocycles. The summed E-state index contributed by atoms with van der Waals surface area (Å²) in [5, 5.41) is 3.38. The van der Waals surface area contributed by atoms with Gasteiger partial charge in [-0.25, -0.2) is 9.78 Å². The van der Waals surface area contributed by atoms with Gasteiger partial charge >= 0.3 is 6.03 Å². The van der Waals surface area contributed by atoms with E-state index in [1.165, 1.54) is 5.69 Å². The van der Waals surface area contributed by atoms with Gasteiger partial charge in [-0.15, -0.1) is 0 Å². The highest BCUT2D eigenvalue weighted by atomic mass is 16.2. The normalized spacial score (nSPS) is 24.0. The molecule has 2 aliphatic heterocycles. The summed E-state index contributed by atoms with van der Waals surface area (Å²) >= 11 is 0. The van der Waals surface area contributed by atoms with Crippen LogP contribution in [0.4, 0.5) is 4.79 Å². The lowest BCUT2D eigenvalue weighted by Crippen LogP contribution is -2.51. The van der Waals surface area contributed by atoms with Crippen LogP contribution in [0.3, 0.4) is 0 Å². The van der Waals surface area contributed by atoms with Crippen molar-refractivity contribution in [2.75, 3.05) is 13.1 Å². The number of fused-ring (bicyclic) bond motifs is 1. The van der Waals surface area contributed by atoms with E-state index in [2.05, 4.69) is 15.7 Å². The number of nitrogens with one attached hydrogen (secondary N) is 2. The molecule has 0 radical (unpaired) electrons. The van der Waals surface area contributed by atoms with Crippen LogP contribution in [0.15, 0.2) is 6.33 Å². The minimum atomic E-state index is -0.960. The molecule has 24 heavy (non-hydrogen) atoms. The molecule has 0 bridgehead atoms. The summed E-state index contributed by atoms with van der Waals surface area (Å²) in [6.45, 7) is 4.87. The van der Waals surface area contributed by atoms with Crippen molar-refractivity contribution >= 4 is 17.8 Å². The number of aryl methyl sites for hydroxylation is 1. The summed E-state index contributed by atoms with van der Waals surface area (Å²) in [5.41, 5.74) is 3.59. The van der Waals surface area contributed by atoms with E-state index in [4.69, 9.17) is 0 Å². The van der Waals surface area contributed by atoms with E-state index in [0.717, 1.165) is 23.7 Å². The molecule has 0 aliphatic carbocycles. The Morgan fingerprint density at radius 2 is 2.21 bits per heavy atom. The molecule has 1 aromatic rings. The van der Waals surface area contributed by atoms with Gasteiger partial charge in [-0.3, -0.25) is 19.9 Å². The lowest BCUT2D eigenvalue weighted by Gasteiger charge is -2.26. The van der Waals surface area contributed by atoms with Gasteiger partial charge in [0.2, 0.25) is 0 Å². The Kier molecular flexibility index (Phi) is 4.04. The fourth-order valence-corrected chi connectivity index (χ4v) is 3.04. The number of urea groups is 1. The number of hydrazine groups is 1. The van der Waals surface area contributed by atoms with Gasteiger partial charge in [0.15, 0.2) is 0 Å². The summed E-state index contributed by atoms with van der Waals surface area (Å²) in [4.78, 5) is 42.7. The first kappa shape index (κ1) is 16.4. The Labute approximate surface area is 140 Å². The number of aromatic nitrogens is 2. The highest BCUT2D eigenvalue weighted by molar-refractivity contribution is 6.07. The van der Waals surface area contributed by atoms with Crippen LogP contribution in [0.5, 0.6) is 0 Å². The molecule has 2 aliphatic rings. The molecule has 9 nitrogen and oxygen atoms in total. The molecule has 1 saturated heterocycles. The number of imidazole rings is 1. The van der Waals surface area contributed by atoms with E-state index in [9.17, 15) is 14.4 Å². The number of rotatable bonds is 4. The number of amides is 4. The van der Waals surface area contributed by atoms with Crippen LogP contribution < -0.4 is 10.7 Å². The maximum absolute atomic E-state index is 12.3. The minimum Gasteiger partial charge on any atom is -0.337 e. The third-order valence-electron chi connectivity index (χ3n) is 4.76. The SMILES string of the molecule is CC[C@@]1(C)NC(=O)N(NC(=O)CN2CCc3c(ncn3C)C2)C1=O. The zero-order chi connectivity index (χ0) is 17.5. The molecule has 0 unspecified atom stereocenters. The third kappa shape index (κ3) is 2.75. The molecule has 0 spiro atoms. The molecular weight excluding hydrogens is 312 g/mol. The second-order valence-electron chi connectivity index (χ2n) is 6.50. The predicted octanol–water partition coefficient (Wildman–Crippen LogP) is -0.470. The maximum atomic E-state index is 12.3. The van der Waals surface area contributed by atoms with Crippen LogP contribution in [-0.4, -0.2) is 55.9 Å². The Bertz CT molecular complexity index is 699. The van der Waals surface area contributed by atoms with Crippen molar-refractivity contribution in [2.24, 2.45) is 7.05 Å². The van der Waals surface area contributed by atoms with Crippen molar-refractivity contribution in [3.8, 4) is 0 Å². The van der Waals surface area contributed by atoms with E-state index < -0.39 is 23.4 Å². The van der Waals surface area contributed by atoms with Gasteiger partial charge in [-0.2, -0.15) is 5.01 Å². The number of hydrogen-bond donors (Lipinski definition) is 2. The highest BCUT2D eigenvalue weighted by Gasteiger charge is 2.47. The smallest absolute Gasteiger partial charge is 0.337 e. The van der Waals surface area contributed by atoms with Gasteiger partial charge in [0, 0.05) is 32.3 Å². The van der Waals surface area contributed by atoms with Crippen LogP contribution in [0.1, 0.15) is 31.7 Å². The first-order chi connectivity index (χ1) is 11.3. The monoisotopic (exact) mass is 334 g/mol. The third-order valence-corrected chi connectivity index (χ3v) is 4.76. The number of hydrogen-bond acceptors (Lipinski definition) is 5. The van der Waals surface area contributed by atoms with Crippen molar-refractivity contribution in [2.45, 2.75) is 38.8 Å². The Balaban J connectivity index is 1.59. The summed E-state index contributed by atoms with van der Waals surface area (Å²) < 4.78 is 1.99. The Hall–Kier alpha value is -2.42. The van der Waals surface area contributed by atoms with Gasteiger partial charge in [-0.05, 0) is 13.3 Å². The molecule has 3 heterocycles. The molecule has 0 aromatic carbocycles. The van der Waals surface area contributed by atoms with E-state index in [-0.39, 0.29) is 6.54 Å². The first-order valence-electron chi connectivity index (χ1n) is 8.01. The van der Waals surface area contributed by atoms with E-state index in [1.54, 1.807) is 13.3 Å². The van der Waals surface area contributed by atoms with Gasteiger partial charge in [0.25, 0.3) is 11.8 Å². The largest absolute Gasteiger partial charge is 0.344 e. The molecule has 3 rings (SSSR count). The van der Waals surface area contributed by atoms with Crippen molar-refractivity contribution in [1.82, 2.24) is 30.2 Å². The molecule has 9 heteroatoms. The topological polar surface area (TPSA) is 99.6 Å². The number of carbonyl (C=O) groups excluding carboxylic acids is 3. The van der Waals surface area contributed by atoms with Gasteiger partial charge in [0.1, 0.15) is 5.54 Å². The van der Waals surface area contributed by atoms with E-state index >= 15 is 0 Å². The second-order valence-corrected chi connectivity index (χ2v) is 6.50. The molecule has 2 N–H and O–H groups in total. The summed E-state index contributed by atoms with van der Waals surface area (Å²) in [6, 6.07) is -0.594. The molecule has 1 aromatic heterocycles. The van der Waals surface area contributed by atoms with Crippen molar-refractivity contribution in [3.63, 3.8) is 0 Å². The van der Waals surface area contributed by atoms with Crippen molar-refractivity contribution < 1.29 is 14.4 Å². The molecule has 4 amide bonds. The highest BCUT2D eigenvalue weighted by Crippen LogP contribution is 2.19. The molecule has 1 fully saturated rings. The fourth-order valence-electron chi connectivity index (χ4n) is 3.04.